The lowest BCUT2D eigenvalue weighted by Gasteiger charge is -2.49. The van der Waals surface area contributed by atoms with Crippen LogP contribution in [0.2, 0.25) is 0 Å². The summed E-state index contributed by atoms with van der Waals surface area (Å²) in [5.74, 6) is 0. The highest BCUT2D eigenvalue weighted by Gasteiger charge is 2.58. The number of piperidine rings is 1. The second-order valence-corrected chi connectivity index (χ2v) is 6.82. The third kappa shape index (κ3) is 1.66. The van der Waals surface area contributed by atoms with E-state index in [-0.39, 0.29) is 0 Å². The molecule has 1 aliphatic carbocycles. The lowest BCUT2D eigenvalue weighted by atomic mass is 9.68. The molecule has 2 spiro atoms. The van der Waals surface area contributed by atoms with Crippen molar-refractivity contribution < 1.29 is 4.74 Å². The first kappa shape index (κ1) is 11.9. The van der Waals surface area contributed by atoms with Gasteiger partial charge in [-0.25, -0.2) is 0 Å². The van der Waals surface area contributed by atoms with Gasteiger partial charge < -0.3 is 15.4 Å². The molecule has 3 fully saturated rings. The van der Waals surface area contributed by atoms with Gasteiger partial charge in [-0.1, -0.05) is 0 Å². The summed E-state index contributed by atoms with van der Waals surface area (Å²) in [4.78, 5) is 2.60. The predicted molar refractivity (Wildman–Crippen MR) is 68.8 cm³/mol. The van der Waals surface area contributed by atoms with Crippen LogP contribution in [0, 0.1) is 10.8 Å². The van der Waals surface area contributed by atoms with Crippen LogP contribution in [-0.4, -0.2) is 43.3 Å². The summed E-state index contributed by atoms with van der Waals surface area (Å²) in [6.07, 6.45) is 5.24. The van der Waals surface area contributed by atoms with Gasteiger partial charge in [0.1, 0.15) is 0 Å². The Kier molecular flexibility index (Phi) is 2.77. The summed E-state index contributed by atoms with van der Waals surface area (Å²) in [5.41, 5.74) is 7.41. The Morgan fingerprint density at radius 1 is 1.06 bits per heavy atom. The summed E-state index contributed by atoms with van der Waals surface area (Å²) in [6, 6.07) is 1.07. The first-order chi connectivity index (χ1) is 8.08. The van der Waals surface area contributed by atoms with Gasteiger partial charge in [0.05, 0.1) is 13.2 Å². The zero-order valence-electron chi connectivity index (χ0n) is 11.2. The smallest absolute Gasteiger partial charge is 0.0559 e. The Bertz CT molecular complexity index is 291. The van der Waals surface area contributed by atoms with Crippen molar-refractivity contribution in [2.24, 2.45) is 16.6 Å². The molecule has 98 valence electrons. The highest BCUT2D eigenvalue weighted by atomic mass is 16.5. The summed E-state index contributed by atoms with van der Waals surface area (Å²) >= 11 is 0. The largest absolute Gasteiger partial charge is 0.380 e. The topological polar surface area (TPSA) is 38.5 Å². The van der Waals surface area contributed by atoms with Crippen molar-refractivity contribution in [3.63, 3.8) is 0 Å². The molecule has 3 rings (SSSR count). The first-order valence-corrected chi connectivity index (χ1v) is 7.15. The first-order valence-electron chi connectivity index (χ1n) is 7.15. The van der Waals surface area contributed by atoms with E-state index >= 15 is 0 Å². The number of hydrogen-bond donors (Lipinski definition) is 1. The average molecular weight is 238 g/mol. The fraction of sp³-hybridized carbons (Fsp3) is 1.00. The molecule has 2 N–H and O–H groups in total. The molecule has 2 heterocycles. The van der Waals surface area contributed by atoms with Crippen LogP contribution >= 0.6 is 0 Å². The Labute approximate surface area is 105 Å². The number of nitrogens with zero attached hydrogens (tertiary/aromatic N) is 1. The van der Waals surface area contributed by atoms with E-state index in [9.17, 15) is 0 Å². The van der Waals surface area contributed by atoms with Crippen LogP contribution in [0.3, 0.4) is 0 Å². The van der Waals surface area contributed by atoms with E-state index in [1.54, 1.807) is 0 Å². The number of nitrogens with two attached hydrogens (primary N) is 1. The van der Waals surface area contributed by atoms with E-state index in [2.05, 4.69) is 18.7 Å². The standard InChI is InChI=1S/C14H26N2O/c1-11(2)16-7-5-13(6-8-16)3-4-14(12(13)15)9-17-10-14/h11-12H,3-10,15H2,1-2H3/t12-/m0/s1. The Balaban J connectivity index is 1.69. The third-order valence-electron chi connectivity index (χ3n) is 5.74. The van der Waals surface area contributed by atoms with E-state index in [4.69, 9.17) is 10.5 Å². The normalized spacial score (nSPS) is 35.6. The van der Waals surface area contributed by atoms with E-state index < -0.39 is 0 Å². The van der Waals surface area contributed by atoms with Gasteiger partial charge in [0, 0.05) is 17.5 Å². The molecule has 3 aliphatic rings. The van der Waals surface area contributed by atoms with Gasteiger partial charge in [-0.15, -0.1) is 0 Å². The maximum absolute atomic E-state index is 6.61. The Hall–Kier alpha value is -0.120. The van der Waals surface area contributed by atoms with Crippen LogP contribution < -0.4 is 5.73 Å². The monoisotopic (exact) mass is 238 g/mol. The molecule has 1 atom stereocenters. The molecule has 0 bridgehead atoms. The summed E-state index contributed by atoms with van der Waals surface area (Å²) in [7, 11) is 0. The van der Waals surface area contributed by atoms with E-state index in [1.165, 1.54) is 38.8 Å². The highest BCUT2D eigenvalue weighted by molar-refractivity contribution is 5.11. The zero-order valence-corrected chi connectivity index (χ0v) is 11.2. The molecule has 3 heteroatoms. The molecule has 2 saturated heterocycles. The second kappa shape index (κ2) is 3.94. The molecular formula is C14H26N2O. The van der Waals surface area contributed by atoms with Crippen LogP contribution in [0.15, 0.2) is 0 Å². The quantitative estimate of drug-likeness (QED) is 0.754. The van der Waals surface area contributed by atoms with E-state index in [0.29, 0.717) is 22.9 Å². The molecule has 1 saturated carbocycles. The molecule has 3 nitrogen and oxygen atoms in total. The van der Waals surface area contributed by atoms with Gasteiger partial charge >= 0.3 is 0 Å². The van der Waals surface area contributed by atoms with Crippen LogP contribution in [0.5, 0.6) is 0 Å². The number of hydrogen-bond acceptors (Lipinski definition) is 3. The fourth-order valence-corrected chi connectivity index (χ4v) is 4.19. The lowest BCUT2D eigenvalue weighted by molar-refractivity contribution is -0.127. The molecule has 0 aromatic carbocycles. The van der Waals surface area contributed by atoms with Gasteiger partial charge in [-0.05, 0) is 58.0 Å². The maximum Gasteiger partial charge on any atom is 0.0559 e. The van der Waals surface area contributed by atoms with Crippen LogP contribution in [-0.2, 0) is 4.74 Å². The molecule has 0 amide bonds. The average Bonchev–Trinajstić information content (AvgIpc) is 2.54. The minimum atomic E-state index is 0.361. The van der Waals surface area contributed by atoms with Gasteiger partial charge in [-0.3, -0.25) is 0 Å². The highest BCUT2D eigenvalue weighted by Crippen LogP contribution is 2.56. The number of likely N-dealkylation sites (tertiary alicyclic amines) is 1. The van der Waals surface area contributed by atoms with Crippen molar-refractivity contribution in [2.45, 2.75) is 51.6 Å². The minimum absolute atomic E-state index is 0.361. The number of rotatable bonds is 1. The molecule has 0 aromatic heterocycles. The zero-order chi connectivity index (χ0) is 12.1. The summed E-state index contributed by atoms with van der Waals surface area (Å²) in [5, 5.41) is 0. The van der Waals surface area contributed by atoms with Gasteiger partial charge in [0.2, 0.25) is 0 Å². The van der Waals surface area contributed by atoms with Crippen LogP contribution in [0.1, 0.15) is 39.5 Å². The molecular weight excluding hydrogens is 212 g/mol. The van der Waals surface area contributed by atoms with Crippen molar-refractivity contribution in [3.05, 3.63) is 0 Å². The van der Waals surface area contributed by atoms with Crippen molar-refractivity contribution >= 4 is 0 Å². The van der Waals surface area contributed by atoms with Crippen molar-refractivity contribution in [2.75, 3.05) is 26.3 Å². The molecule has 0 radical (unpaired) electrons. The predicted octanol–water partition coefficient (Wildman–Crippen LogP) is 1.61. The van der Waals surface area contributed by atoms with Gasteiger partial charge in [-0.2, -0.15) is 0 Å². The second-order valence-electron chi connectivity index (χ2n) is 6.82. The molecule has 0 unspecified atom stereocenters. The minimum Gasteiger partial charge on any atom is -0.380 e. The van der Waals surface area contributed by atoms with Gasteiger partial charge in [0.15, 0.2) is 0 Å². The molecule has 17 heavy (non-hydrogen) atoms. The van der Waals surface area contributed by atoms with E-state index in [0.717, 1.165) is 13.2 Å². The Morgan fingerprint density at radius 2 is 1.65 bits per heavy atom. The van der Waals surface area contributed by atoms with E-state index in [1.807, 2.05) is 0 Å². The van der Waals surface area contributed by atoms with Crippen LogP contribution in [0.4, 0.5) is 0 Å². The summed E-state index contributed by atoms with van der Waals surface area (Å²) in [6.45, 7) is 8.92. The van der Waals surface area contributed by atoms with Crippen molar-refractivity contribution in [1.82, 2.24) is 4.90 Å². The molecule has 0 aromatic rings. The number of ether oxygens (including phenoxy) is 1. The van der Waals surface area contributed by atoms with Crippen molar-refractivity contribution in [1.29, 1.82) is 0 Å². The van der Waals surface area contributed by atoms with Crippen molar-refractivity contribution in [3.8, 4) is 0 Å². The molecule has 2 aliphatic heterocycles. The maximum atomic E-state index is 6.61. The SMILES string of the molecule is CC(C)N1CCC2(CC1)CCC1(COC1)[C@H]2N. The third-order valence-corrected chi connectivity index (χ3v) is 5.74. The van der Waals surface area contributed by atoms with Gasteiger partial charge in [0.25, 0.3) is 0 Å². The lowest BCUT2D eigenvalue weighted by Crippen LogP contribution is -2.59. The fourth-order valence-electron chi connectivity index (χ4n) is 4.19. The Morgan fingerprint density at radius 3 is 2.06 bits per heavy atom. The van der Waals surface area contributed by atoms with Crippen LogP contribution in [0.25, 0.3) is 0 Å². The summed E-state index contributed by atoms with van der Waals surface area (Å²) < 4.78 is 5.43.